The minimum absolute atomic E-state index is 0.0544. The number of nitrogens with zero attached hydrogens (tertiary/aromatic N) is 5. The Morgan fingerprint density at radius 3 is 2.52 bits per heavy atom. The summed E-state index contributed by atoms with van der Waals surface area (Å²) in [4.78, 5) is 40.9. The van der Waals surface area contributed by atoms with Gasteiger partial charge in [-0.3, -0.25) is 9.59 Å². The van der Waals surface area contributed by atoms with Crippen molar-refractivity contribution in [2.24, 2.45) is 5.92 Å². The van der Waals surface area contributed by atoms with E-state index in [2.05, 4.69) is 4.98 Å². The molecule has 1 aliphatic carbocycles. The number of benzene rings is 1. The van der Waals surface area contributed by atoms with Gasteiger partial charge < -0.3 is 14.7 Å². The first-order valence-electron chi connectivity index (χ1n) is 11.1. The lowest BCUT2D eigenvalue weighted by molar-refractivity contribution is -0.131. The highest BCUT2D eigenvalue weighted by atomic mass is 16.2. The molecule has 2 aromatic rings. The summed E-state index contributed by atoms with van der Waals surface area (Å²) in [5.41, 5.74) is 2.41. The number of likely N-dealkylation sites (tertiary alicyclic amines) is 1. The number of anilines is 1. The lowest BCUT2D eigenvalue weighted by Crippen LogP contribution is -2.33. The Kier molecular flexibility index (Phi) is 6.20. The fourth-order valence-corrected chi connectivity index (χ4v) is 4.15. The second kappa shape index (κ2) is 9.04. The summed E-state index contributed by atoms with van der Waals surface area (Å²) in [5, 5.41) is 0. The average molecular weight is 422 g/mol. The summed E-state index contributed by atoms with van der Waals surface area (Å²) in [6.07, 6.45) is 4.51. The van der Waals surface area contributed by atoms with Crippen LogP contribution in [0.5, 0.6) is 0 Å². The van der Waals surface area contributed by atoms with E-state index in [0.717, 1.165) is 37.1 Å². The highest BCUT2D eigenvalue weighted by Crippen LogP contribution is 2.35. The summed E-state index contributed by atoms with van der Waals surface area (Å²) < 4.78 is 0. The normalized spacial score (nSPS) is 18.2. The van der Waals surface area contributed by atoms with Gasteiger partial charge in [-0.25, -0.2) is 9.97 Å². The van der Waals surface area contributed by atoms with Crippen LogP contribution in [0.15, 0.2) is 36.5 Å². The molecule has 2 amide bonds. The SMILES string of the molecule is CCN(Cc1ccccc1)C(=O)c1cnc(N(C)C)nc1C1CCN(C(=O)C2CC2)C1. The molecule has 7 nitrogen and oxygen atoms in total. The van der Waals surface area contributed by atoms with Crippen molar-refractivity contribution < 1.29 is 9.59 Å². The second-order valence-electron chi connectivity index (χ2n) is 8.71. The highest BCUT2D eigenvalue weighted by Gasteiger charge is 2.38. The number of hydrogen-bond acceptors (Lipinski definition) is 5. The van der Waals surface area contributed by atoms with Gasteiger partial charge in [-0.1, -0.05) is 30.3 Å². The zero-order valence-electron chi connectivity index (χ0n) is 18.6. The Morgan fingerprint density at radius 1 is 1.13 bits per heavy atom. The van der Waals surface area contributed by atoms with Crippen LogP contribution in [0.2, 0.25) is 0 Å². The van der Waals surface area contributed by atoms with E-state index in [1.807, 2.05) is 66.1 Å². The fraction of sp³-hybridized carbons (Fsp3) is 0.500. The molecule has 164 valence electrons. The van der Waals surface area contributed by atoms with Crippen molar-refractivity contribution in [2.75, 3.05) is 38.6 Å². The standard InChI is InChI=1S/C24H31N5O2/c1-4-28(15-17-8-6-5-7-9-17)23(31)20-14-25-24(27(2)3)26-21(20)19-12-13-29(16-19)22(30)18-10-11-18/h5-9,14,18-19H,4,10-13,15-16H2,1-3H3. The molecule has 1 saturated heterocycles. The molecule has 0 radical (unpaired) electrons. The van der Waals surface area contributed by atoms with Crippen LogP contribution in [0.1, 0.15) is 53.7 Å². The average Bonchev–Trinajstić information content (AvgIpc) is 3.53. The van der Waals surface area contributed by atoms with Crippen LogP contribution < -0.4 is 4.90 Å². The first kappa shape index (κ1) is 21.3. The number of rotatable bonds is 7. The molecule has 7 heteroatoms. The lowest BCUT2D eigenvalue weighted by atomic mass is 9.99. The fourth-order valence-electron chi connectivity index (χ4n) is 4.15. The van der Waals surface area contributed by atoms with E-state index >= 15 is 0 Å². The minimum Gasteiger partial charge on any atom is -0.347 e. The number of hydrogen-bond donors (Lipinski definition) is 0. The maximum Gasteiger partial charge on any atom is 0.257 e. The summed E-state index contributed by atoms with van der Waals surface area (Å²) in [5.74, 6) is 1.06. The molecule has 1 atom stereocenters. The highest BCUT2D eigenvalue weighted by molar-refractivity contribution is 5.95. The topological polar surface area (TPSA) is 69.6 Å². The minimum atomic E-state index is -0.0568. The van der Waals surface area contributed by atoms with Crippen LogP contribution >= 0.6 is 0 Å². The Bertz CT molecular complexity index is 942. The zero-order valence-corrected chi connectivity index (χ0v) is 18.6. The van der Waals surface area contributed by atoms with Gasteiger partial charge >= 0.3 is 0 Å². The molecule has 1 aromatic carbocycles. The Balaban J connectivity index is 1.60. The predicted octanol–water partition coefficient (Wildman–Crippen LogP) is 2.93. The maximum absolute atomic E-state index is 13.5. The smallest absolute Gasteiger partial charge is 0.257 e. The molecule has 2 fully saturated rings. The zero-order chi connectivity index (χ0) is 22.0. The van der Waals surface area contributed by atoms with Crippen molar-refractivity contribution in [1.82, 2.24) is 19.8 Å². The molecule has 1 saturated carbocycles. The van der Waals surface area contributed by atoms with Gasteiger partial charge in [-0.05, 0) is 31.7 Å². The summed E-state index contributed by atoms with van der Waals surface area (Å²) in [6.45, 7) is 4.49. The Labute approximate surface area is 184 Å². The van der Waals surface area contributed by atoms with Gasteiger partial charge in [0.25, 0.3) is 5.91 Å². The van der Waals surface area contributed by atoms with Crippen LogP contribution in [0.3, 0.4) is 0 Å². The quantitative estimate of drug-likeness (QED) is 0.688. The number of carbonyl (C=O) groups excluding carboxylic acids is 2. The summed E-state index contributed by atoms with van der Waals surface area (Å²) in [6, 6.07) is 10.0. The molecule has 1 unspecified atom stereocenters. The van der Waals surface area contributed by atoms with Gasteiger partial charge in [0.1, 0.15) is 0 Å². The molecule has 0 bridgehead atoms. The van der Waals surface area contributed by atoms with Crippen LogP contribution in [0.25, 0.3) is 0 Å². The first-order valence-corrected chi connectivity index (χ1v) is 11.1. The van der Waals surface area contributed by atoms with Gasteiger partial charge in [-0.15, -0.1) is 0 Å². The van der Waals surface area contributed by atoms with Crippen molar-refractivity contribution in [1.29, 1.82) is 0 Å². The Morgan fingerprint density at radius 2 is 1.87 bits per heavy atom. The van der Waals surface area contributed by atoms with E-state index in [1.54, 1.807) is 6.20 Å². The van der Waals surface area contributed by atoms with E-state index in [-0.39, 0.29) is 23.7 Å². The maximum atomic E-state index is 13.5. The van der Waals surface area contributed by atoms with E-state index in [4.69, 9.17) is 4.98 Å². The van der Waals surface area contributed by atoms with Gasteiger partial charge in [0.2, 0.25) is 11.9 Å². The molecule has 1 aromatic heterocycles. The van der Waals surface area contributed by atoms with Crippen LogP contribution in [-0.4, -0.2) is 65.3 Å². The predicted molar refractivity (Wildman–Crippen MR) is 120 cm³/mol. The van der Waals surface area contributed by atoms with Crippen LogP contribution in [0.4, 0.5) is 5.95 Å². The third-order valence-corrected chi connectivity index (χ3v) is 6.13. The molecular formula is C24H31N5O2. The number of carbonyl (C=O) groups is 2. The van der Waals surface area contributed by atoms with Crippen molar-refractivity contribution in [3.63, 3.8) is 0 Å². The van der Waals surface area contributed by atoms with Gasteiger partial charge in [0.15, 0.2) is 0 Å². The monoisotopic (exact) mass is 421 g/mol. The van der Waals surface area contributed by atoms with Crippen LogP contribution in [0, 0.1) is 5.92 Å². The van der Waals surface area contributed by atoms with Crippen LogP contribution in [-0.2, 0) is 11.3 Å². The third-order valence-electron chi connectivity index (χ3n) is 6.13. The second-order valence-corrected chi connectivity index (χ2v) is 8.71. The number of aromatic nitrogens is 2. The van der Waals surface area contributed by atoms with E-state index in [1.165, 1.54) is 0 Å². The van der Waals surface area contributed by atoms with Gasteiger partial charge in [0, 0.05) is 58.3 Å². The molecule has 4 rings (SSSR count). The summed E-state index contributed by atoms with van der Waals surface area (Å²) >= 11 is 0. The molecule has 2 aliphatic rings. The van der Waals surface area contributed by atoms with Gasteiger partial charge in [0.05, 0.1) is 11.3 Å². The molecule has 0 N–H and O–H groups in total. The van der Waals surface area contributed by atoms with Gasteiger partial charge in [-0.2, -0.15) is 0 Å². The van der Waals surface area contributed by atoms with Crippen molar-refractivity contribution in [2.45, 2.75) is 38.6 Å². The Hall–Kier alpha value is -2.96. The van der Waals surface area contributed by atoms with E-state index in [0.29, 0.717) is 31.1 Å². The number of amides is 2. The molecule has 1 aliphatic heterocycles. The van der Waals surface area contributed by atoms with Crippen molar-refractivity contribution in [3.05, 3.63) is 53.3 Å². The van der Waals surface area contributed by atoms with E-state index in [9.17, 15) is 9.59 Å². The van der Waals surface area contributed by atoms with E-state index < -0.39 is 0 Å². The first-order chi connectivity index (χ1) is 15.0. The molecule has 0 spiro atoms. The lowest BCUT2D eigenvalue weighted by Gasteiger charge is -2.24. The summed E-state index contributed by atoms with van der Waals surface area (Å²) in [7, 11) is 3.79. The molecule has 2 heterocycles. The van der Waals surface area contributed by atoms with Crippen molar-refractivity contribution >= 4 is 17.8 Å². The third kappa shape index (κ3) is 4.70. The molecule has 31 heavy (non-hydrogen) atoms. The largest absolute Gasteiger partial charge is 0.347 e. The van der Waals surface area contributed by atoms with Crippen molar-refractivity contribution in [3.8, 4) is 0 Å². The molecular weight excluding hydrogens is 390 g/mol.